The number of amides is 2. The molecule has 92 valence electrons. The van der Waals surface area contributed by atoms with Crippen LogP contribution in [0.1, 0.15) is 13.8 Å². The van der Waals surface area contributed by atoms with Crippen LogP contribution >= 0.6 is 0 Å². The van der Waals surface area contributed by atoms with Gasteiger partial charge in [-0.2, -0.15) is 0 Å². The number of rotatable bonds is 7. The van der Waals surface area contributed by atoms with Crippen LogP contribution in [0.15, 0.2) is 0 Å². The minimum absolute atomic E-state index is 0.00709. The molecule has 7 heteroatoms. The third-order valence-electron chi connectivity index (χ3n) is 1.35. The van der Waals surface area contributed by atoms with Gasteiger partial charge < -0.3 is 20.5 Å². The lowest BCUT2D eigenvalue weighted by atomic mass is 10.4. The summed E-state index contributed by atoms with van der Waals surface area (Å²) in [7, 11) is 0. The van der Waals surface area contributed by atoms with Crippen molar-refractivity contribution in [2.24, 2.45) is 0 Å². The average Bonchev–Trinajstić information content (AvgIpc) is 2.13. The molecule has 0 aromatic carbocycles. The maximum Gasteiger partial charge on any atom is 0.329 e. The van der Waals surface area contributed by atoms with E-state index in [1.807, 2.05) is 0 Å². The van der Waals surface area contributed by atoms with Gasteiger partial charge in [0, 0.05) is 6.04 Å². The van der Waals surface area contributed by atoms with E-state index in [2.05, 4.69) is 15.4 Å². The van der Waals surface area contributed by atoms with Gasteiger partial charge in [-0.15, -0.1) is 0 Å². The van der Waals surface area contributed by atoms with Gasteiger partial charge in [-0.05, 0) is 13.8 Å². The van der Waals surface area contributed by atoms with Crippen molar-refractivity contribution >= 4 is 17.8 Å². The molecule has 0 spiro atoms. The average molecular weight is 232 g/mol. The summed E-state index contributed by atoms with van der Waals surface area (Å²) in [6.45, 7) is 2.55. The van der Waals surface area contributed by atoms with Gasteiger partial charge in [0.25, 0.3) is 0 Å². The number of carboxylic acid groups (broad SMARTS) is 1. The van der Waals surface area contributed by atoms with Crippen LogP contribution in [-0.4, -0.2) is 48.7 Å². The van der Waals surface area contributed by atoms with Gasteiger partial charge in [-0.25, -0.2) is 4.79 Å². The second-order valence-corrected chi connectivity index (χ2v) is 3.39. The normalized spacial score (nSPS) is 9.94. The van der Waals surface area contributed by atoms with Crippen LogP contribution in [-0.2, 0) is 19.1 Å². The van der Waals surface area contributed by atoms with Crippen molar-refractivity contribution in [2.75, 3.05) is 19.8 Å². The zero-order valence-corrected chi connectivity index (χ0v) is 9.28. The molecule has 0 heterocycles. The third-order valence-corrected chi connectivity index (χ3v) is 1.35. The molecular formula is C9H16N2O5. The first-order valence-corrected chi connectivity index (χ1v) is 4.77. The summed E-state index contributed by atoms with van der Waals surface area (Å²) in [6, 6.07) is 0.00709. The van der Waals surface area contributed by atoms with Crippen LogP contribution in [0.4, 0.5) is 0 Å². The van der Waals surface area contributed by atoms with Crippen LogP contribution in [0.2, 0.25) is 0 Å². The largest absolute Gasteiger partial charge is 0.480 e. The summed E-state index contributed by atoms with van der Waals surface area (Å²) in [4.78, 5) is 32.1. The van der Waals surface area contributed by atoms with Crippen LogP contribution in [0.5, 0.6) is 0 Å². The highest BCUT2D eigenvalue weighted by molar-refractivity contribution is 5.85. The number of hydrogen-bond donors (Lipinski definition) is 3. The Balaban J connectivity index is 3.57. The molecule has 0 saturated heterocycles. The van der Waals surface area contributed by atoms with E-state index in [-0.39, 0.29) is 25.1 Å². The maximum absolute atomic E-state index is 11.1. The second kappa shape index (κ2) is 7.63. The van der Waals surface area contributed by atoms with Crippen molar-refractivity contribution in [1.82, 2.24) is 10.6 Å². The van der Waals surface area contributed by atoms with E-state index < -0.39 is 18.5 Å². The molecule has 0 aromatic heterocycles. The SMILES string of the molecule is CC(C)NC(=O)CNC(=O)COCC(=O)O. The fourth-order valence-corrected chi connectivity index (χ4v) is 0.834. The van der Waals surface area contributed by atoms with E-state index in [4.69, 9.17) is 5.11 Å². The van der Waals surface area contributed by atoms with E-state index in [0.717, 1.165) is 0 Å². The maximum atomic E-state index is 11.1. The molecule has 0 unspecified atom stereocenters. The summed E-state index contributed by atoms with van der Waals surface area (Å²) >= 11 is 0. The van der Waals surface area contributed by atoms with Gasteiger partial charge in [0.2, 0.25) is 11.8 Å². The standard InChI is InChI=1S/C9H16N2O5/c1-6(2)11-7(12)3-10-8(13)4-16-5-9(14)15/h6H,3-5H2,1-2H3,(H,10,13)(H,11,12)(H,14,15). The van der Waals surface area contributed by atoms with E-state index in [0.29, 0.717) is 0 Å². The summed E-state index contributed by atoms with van der Waals surface area (Å²) in [5.74, 6) is -1.98. The van der Waals surface area contributed by atoms with Gasteiger partial charge in [0.05, 0.1) is 6.54 Å². The number of carbonyl (C=O) groups excluding carboxylic acids is 2. The lowest BCUT2D eigenvalue weighted by molar-refractivity contribution is -0.143. The molecule has 0 radical (unpaired) electrons. The molecule has 0 saturated carbocycles. The van der Waals surface area contributed by atoms with Gasteiger partial charge in [-0.3, -0.25) is 9.59 Å². The van der Waals surface area contributed by atoms with Crippen molar-refractivity contribution in [3.05, 3.63) is 0 Å². The van der Waals surface area contributed by atoms with Gasteiger partial charge >= 0.3 is 5.97 Å². The monoisotopic (exact) mass is 232 g/mol. The Labute approximate surface area is 93.2 Å². The molecule has 3 N–H and O–H groups in total. The van der Waals surface area contributed by atoms with Crippen molar-refractivity contribution in [1.29, 1.82) is 0 Å². The van der Waals surface area contributed by atoms with Crippen molar-refractivity contribution < 1.29 is 24.2 Å². The highest BCUT2D eigenvalue weighted by Gasteiger charge is 2.07. The molecule has 0 atom stereocenters. The summed E-state index contributed by atoms with van der Waals surface area (Å²) < 4.78 is 4.53. The summed E-state index contributed by atoms with van der Waals surface area (Å²) in [6.07, 6.45) is 0. The molecule has 2 amide bonds. The predicted octanol–water partition coefficient (Wildman–Crippen LogP) is -1.27. The van der Waals surface area contributed by atoms with Crippen LogP contribution in [0, 0.1) is 0 Å². The fraction of sp³-hybridized carbons (Fsp3) is 0.667. The zero-order chi connectivity index (χ0) is 12.6. The van der Waals surface area contributed by atoms with E-state index in [1.165, 1.54) is 0 Å². The van der Waals surface area contributed by atoms with Gasteiger partial charge in [-0.1, -0.05) is 0 Å². The number of ether oxygens (including phenoxy) is 1. The molecule has 0 bridgehead atoms. The second-order valence-electron chi connectivity index (χ2n) is 3.39. The van der Waals surface area contributed by atoms with Crippen molar-refractivity contribution in [3.63, 3.8) is 0 Å². The predicted molar refractivity (Wildman–Crippen MR) is 54.7 cm³/mol. The smallest absolute Gasteiger partial charge is 0.329 e. The molecular weight excluding hydrogens is 216 g/mol. The number of carboxylic acids is 1. The Morgan fingerprint density at radius 3 is 2.31 bits per heavy atom. The fourth-order valence-electron chi connectivity index (χ4n) is 0.834. The molecule has 0 aliphatic heterocycles. The summed E-state index contributed by atoms with van der Waals surface area (Å²) in [5, 5.41) is 13.1. The minimum atomic E-state index is -1.15. The topological polar surface area (TPSA) is 105 Å². The van der Waals surface area contributed by atoms with Crippen LogP contribution in [0.25, 0.3) is 0 Å². The first-order valence-electron chi connectivity index (χ1n) is 4.77. The molecule has 7 nitrogen and oxygen atoms in total. The Bertz CT molecular complexity index is 265. The highest BCUT2D eigenvalue weighted by Crippen LogP contribution is 1.78. The van der Waals surface area contributed by atoms with E-state index in [9.17, 15) is 14.4 Å². The molecule has 0 aromatic rings. The van der Waals surface area contributed by atoms with E-state index in [1.54, 1.807) is 13.8 Å². The van der Waals surface area contributed by atoms with Crippen LogP contribution in [0.3, 0.4) is 0 Å². The number of aliphatic carboxylic acids is 1. The van der Waals surface area contributed by atoms with Crippen LogP contribution < -0.4 is 10.6 Å². The highest BCUT2D eigenvalue weighted by atomic mass is 16.5. The zero-order valence-electron chi connectivity index (χ0n) is 9.28. The number of nitrogens with one attached hydrogen (secondary N) is 2. The molecule has 16 heavy (non-hydrogen) atoms. The molecule has 0 fully saturated rings. The number of carbonyl (C=O) groups is 3. The number of hydrogen-bond acceptors (Lipinski definition) is 4. The lowest BCUT2D eigenvalue weighted by Gasteiger charge is -2.09. The van der Waals surface area contributed by atoms with E-state index >= 15 is 0 Å². The molecule has 0 aliphatic carbocycles. The first-order chi connectivity index (χ1) is 7.41. The Morgan fingerprint density at radius 2 is 1.81 bits per heavy atom. The van der Waals surface area contributed by atoms with Gasteiger partial charge in [0.1, 0.15) is 13.2 Å². The molecule has 0 aliphatic rings. The third kappa shape index (κ3) is 8.95. The first kappa shape index (κ1) is 14.4. The van der Waals surface area contributed by atoms with Crippen molar-refractivity contribution in [3.8, 4) is 0 Å². The summed E-state index contributed by atoms with van der Waals surface area (Å²) in [5.41, 5.74) is 0. The molecule has 0 rings (SSSR count). The van der Waals surface area contributed by atoms with Gasteiger partial charge in [0.15, 0.2) is 0 Å². The minimum Gasteiger partial charge on any atom is -0.480 e. The Kier molecular flexibility index (Phi) is 6.86. The lowest BCUT2D eigenvalue weighted by Crippen LogP contribution is -2.41. The van der Waals surface area contributed by atoms with Crippen molar-refractivity contribution in [2.45, 2.75) is 19.9 Å². The quantitative estimate of drug-likeness (QED) is 0.507. The Morgan fingerprint density at radius 1 is 1.19 bits per heavy atom. The Hall–Kier alpha value is -1.63.